The number of carbonyl (C=O) groups excluding carboxylic acids is 2. The molecule has 0 spiro atoms. The van der Waals surface area contributed by atoms with Crippen LogP contribution in [-0.2, 0) is 35.0 Å². The second kappa shape index (κ2) is 9.48. The average molecular weight is 384 g/mol. The molecule has 2 aromatic rings. The third kappa shape index (κ3) is 5.65. The van der Waals surface area contributed by atoms with Crippen LogP contribution < -0.4 is 0 Å². The van der Waals surface area contributed by atoms with Crippen molar-refractivity contribution in [2.75, 3.05) is 13.2 Å². The predicted molar refractivity (Wildman–Crippen MR) is 104 cm³/mol. The summed E-state index contributed by atoms with van der Waals surface area (Å²) < 4.78 is 21.8. The van der Waals surface area contributed by atoms with E-state index >= 15 is 0 Å². The van der Waals surface area contributed by atoms with Gasteiger partial charge in [-0.15, -0.1) is 0 Å². The third-order valence-corrected chi connectivity index (χ3v) is 4.37. The summed E-state index contributed by atoms with van der Waals surface area (Å²) in [6.45, 7) is 3.09. The van der Waals surface area contributed by atoms with Crippen molar-refractivity contribution in [3.63, 3.8) is 0 Å². The Hall–Kier alpha value is -2.70. The fourth-order valence-corrected chi connectivity index (χ4v) is 3.04. The number of rotatable bonds is 7. The Morgan fingerprint density at radius 1 is 1.00 bits per heavy atom. The molecule has 0 saturated heterocycles. The number of ether oxygens (including phenoxy) is 4. The Balaban J connectivity index is 1.55. The van der Waals surface area contributed by atoms with Crippen LogP contribution in [0.2, 0.25) is 0 Å². The molecule has 0 fully saturated rings. The Labute approximate surface area is 164 Å². The zero-order valence-corrected chi connectivity index (χ0v) is 16.0. The van der Waals surface area contributed by atoms with Crippen molar-refractivity contribution in [2.45, 2.75) is 38.8 Å². The van der Waals surface area contributed by atoms with Gasteiger partial charge in [0.1, 0.15) is 18.8 Å². The zero-order valence-electron chi connectivity index (χ0n) is 16.0. The second-order valence-corrected chi connectivity index (χ2v) is 6.61. The van der Waals surface area contributed by atoms with Crippen LogP contribution in [0.5, 0.6) is 0 Å². The summed E-state index contributed by atoms with van der Waals surface area (Å²) in [5, 5.41) is 2.40. The molecule has 0 N–H and O–H groups in total. The van der Waals surface area contributed by atoms with E-state index in [9.17, 15) is 9.59 Å². The number of benzene rings is 2. The maximum absolute atomic E-state index is 11.2. The van der Waals surface area contributed by atoms with Crippen molar-refractivity contribution in [3.05, 3.63) is 60.2 Å². The first-order valence-electron chi connectivity index (χ1n) is 9.25. The van der Waals surface area contributed by atoms with E-state index in [1.165, 1.54) is 30.2 Å². The summed E-state index contributed by atoms with van der Waals surface area (Å²) in [5.74, 6) is -0.852. The molecule has 2 aromatic carbocycles. The number of hydrogen-bond donors (Lipinski definition) is 0. The molecule has 3 atom stereocenters. The van der Waals surface area contributed by atoms with E-state index in [0.717, 1.165) is 6.42 Å². The minimum absolute atomic E-state index is 0.0118. The topological polar surface area (TPSA) is 71.1 Å². The molecule has 1 aliphatic heterocycles. The van der Waals surface area contributed by atoms with Crippen LogP contribution in [0.1, 0.15) is 19.4 Å². The van der Waals surface area contributed by atoms with Crippen molar-refractivity contribution in [1.29, 1.82) is 0 Å². The Kier molecular flexibility index (Phi) is 6.79. The molecular weight excluding hydrogens is 360 g/mol. The van der Waals surface area contributed by atoms with Crippen LogP contribution in [0.3, 0.4) is 0 Å². The quantitative estimate of drug-likeness (QED) is 0.539. The lowest BCUT2D eigenvalue weighted by Gasteiger charge is -2.31. The SMILES string of the molecule is CC(=O)OC[C@H]1O[C@H](OCCc2ccc3ccccc3c2)C=C[C@@H]1OC(C)=O. The van der Waals surface area contributed by atoms with Crippen LogP contribution >= 0.6 is 0 Å². The van der Waals surface area contributed by atoms with Gasteiger partial charge in [0, 0.05) is 13.8 Å². The number of fused-ring (bicyclic) bond motifs is 1. The third-order valence-electron chi connectivity index (χ3n) is 4.37. The van der Waals surface area contributed by atoms with Crippen LogP contribution in [0.15, 0.2) is 54.6 Å². The number of carbonyl (C=O) groups is 2. The first-order valence-corrected chi connectivity index (χ1v) is 9.25. The molecule has 0 saturated carbocycles. The highest BCUT2D eigenvalue weighted by molar-refractivity contribution is 5.82. The van der Waals surface area contributed by atoms with Gasteiger partial charge in [-0.25, -0.2) is 0 Å². The van der Waals surface area contributed by atoms with E-state index in [0.29, 0.717) is 6.61 Å². The van der Waals surface area contributed by atoms with Gasteiger partial charge in [-0.05, 0) is 34.9 Å². The standard InChI is InChI=1S/C22H24O6/c1-15(23)26-14-21-20(27-16(2)24)9-10-22(28-21)25-12-11-17-7-8-18-5-3-4-6-19(18)13-17/h3-10,13,20-22H,11-12,14H2,1-2H3/t20-,21+,22-/m0/s1. The van der Waals surface area contributed by atoms with Crippen molar-refractivity contribution in [3.8, 4) is 0 Å². The van der Waals surface area contributed by atoms with Crippen molar-refractivity contribution < 1.29 is 28.5 Å². The number of esters is 2. The van der Waals surface area contributed by atoms with E-state index in [1.807, 2.05) is 12.1 Å². The second-order valence-electron chi connectivity index (χ2n) is 6.61. The normalized spacial score (nSPS) is 21.4. The maximum atomic E-state index is 11.2. The van der Waals surface area contributed by atoms with E-state index in [2.05, 4.69) is 30.3 Å². The molecule has 0 unspecified atom stereocenters. The lowest BCUT2D eigenvalue weighted by Crippen LogP contribution is -2.42. The highest BCUT2D eigenvalue weighted by Gasteiger charge is 2.30. The summed E-state index contributed by atoms with van der Waals surface area (Å²) >= 11 is 0. The van der Waals surface area contributed by atoms with Crippen molar-refractivity contribution in [1.82, 2.24) is 0 Å². The van der Waals surface area contributed by atoms with Crippen LogP contribution in [0.25, 0.3) is 10.8 Å². The molecule has 148 valence electrons. The van der Waals surface area contributed by atoms with Gasteiger partial charge >= 0.3 is 11.9 Å². The molecule has 0 bridgehead atoms. The Morgan fingerprint density at radius 3 is 2.54 bits per heavy atom. The van der Waals surface area contributed by atoms with Gasteiger partial charge in [0.25, 0.3) is 0 Å². The first-order chi connectivity index (χ1) is 13.5. The fraction of sp³-hybridized carbons (Fsp3) is 0.364. The van der Waals surface area contributed by atoms with Crippen LogP contribution in [0.4, 0.5) is 0 Å². The molecular formula is C22H24O6. The smallest absolute Gasteiger partial charge is 0.303 e. The lowest BCUT2D eigenvalue weighted by molar-refractivity contribution is -0.196. The zero-order chi connectivity index (χ0) is 19.9. The van der Waals surface area contributed by atoms with Gasteiger partial charge in [-0.3, -0.25) is 9.59 Å². The maximum Gasteiger partial charge on any atom is 0.303 e. The largest absolute Gasteiger partial charge is 0.463 e. The molecule has 0 amide bonds. The molecule has 0 radical (unpaired) electrons. The Morgan fingerprint density at radius 2 is 1.79 bits per heavy atom. The van der Waals surface area contributed by atoms with Crippen LogP contribution in [0, 0.1) is 0 Å². The molecule has 0 aromatic heterocycles. The van der Waals surface area contributed by atoms with Gasteiger partial charge in [0.05, 0.1) is 6.61 Å². The summed E-state index contributed by atoms with van der Waals surface area (Å²) in [4.78, 5) is 22.3. The van der Waals surface area contributed by atoms with Gasteiger partial charge in [0.15, 0.2) is 6.29 Å². The molecule has 6 heteroatoms. The summed E-state index contributed by atoms with van der Waals surface area (Å²) in [7, 11) is 0. The molecule has 1 heterocycles. The monoisotopic (exact) mass is 384 g/mol. The first kappa shape index (κ1) is 20.0. The minimum atomic E-state index is -0.614. The van der Waals surface area contributed by atoms with E-state index < -0.39 is 30.4 Å². The predicted octanol–water partition coefficient (Wildman–Crippen LogP) is 3.17. The lowest BCUT2D eigenvalue weighted by atomic mass is 10.1. The van der Waals surface area contributed by atoms with E-state index in [1.54, 1.807) is 12.2 Å². The van der Waals surface area contributed by atoms with Crippen molar-refractivity contribution >= 4 is 22.7 Å². The van der Waals surface area contributed by atoms with E-state index in [-0.39, 0.29) is 6.61 Å². The van der Waals surface area contributed by atoms with E-state index in [4.69, 9.17) is 18.9 Å². The Bertz CT molecular complexity index is 859. The number of hydrogen-bond acceptors (Lipinski definition) is 6. The molecule has 28 heavy (non-hydrogen) atoms. The highest BCUT2D eigenvalue weighted by Crippen LogP contribution is 2.19. The summed E-state index contributed by atoms with van der Waals surface area (Å²) in [6.07, 6.45) is 2.34. The van der Waals surface area contributed by atoms with Gasteiger partial charge in [-0.2, -0.15) is 0 Å². The summed E-state index contributed by atoms with van der Waals surface area (Å²) in [6, 6.07) is 14.5. The average Bonchev–Trinajstić information content (AvgIpc) is 2.67. The van der Waals surface area contributed by atoms with Crippen molar-refractivity contribution in [2.24, 2.45) is 0 Å². The van der Waals surface area contributed by atoms with Gasteiger partial charge in [0.2, 0.25) is 0 Å². The molecule has 1 aliphatic rings. The van der Waals surface area contributed by atoms with Gasteiger partial charge < -0.3 is 18.9 Å². The van der Waals surface area contributed by atoms with Gasteiger partial charge in [-0.1, -0.05) is 42.5 Å². The minimum Gasteiger partial charge on any atom is -0.463 e. The fourth-order valence-electron chi connectivity index (χ4n) is 3.04. The molecule has 3 rings (SSSR count). The highest BCUT2D eigenvalue weighted by atomic mass is 16.7. The molecule has 6 nitrogen and oxygen atoms in total. The van der Waals surface area contributed by atoms with Crippen LogP contribution in [-0.4, -0.2) is 43.7 Å². The molecule has 0 aliphatic carbocycles. The summed E-state index contributed by atoms with van der Waals surface area (Å²) in [5.41, 5.74) is 1.17.